The van der Waals surface area contributed by atoms with Crippen LogP contribution in [-0.2, 0) is 0 Å². The lowest BCUT2D eigenvalue weighted by Gasteiger charge is -2.07. The van der Waals surface area contributed by atoms with Gasteiger partial charge in [-0.05, 0) is 27.6 Å². The highest BCUT2D eigenvalue weighted by Gasteiger charge is 2.04. The van der Waals surface area contributed by atoms with Crippen LogP contribution in [0.2, 0.25) is 0 Å². The number of nitrogens with zero attached hydrogens (tertiary/aromatic N) is 1. The SMILES string of the molecule is Cl.N=C(N)N/N=C/c1c2ccccc2cc2ccccc12. The summed E-state index contributed by atoms with van der Waals surface area (Å²) in [7, 11) is 0. The van der Waals surface area contributed by atoms with Crippen LogP contribution in [0.1, 0.15) is 5.56 Å². The number of hydrogen-bond donors (Lipinski definition) is 3. The Morgan fingerprint density at radius 2 is 1.52 bits per heavy atom. The largest absolute Gasteiger partial charge is 0.369 e. The van der Waals surface area contributed by atoms with E-state index in [-0.39, 0.29) is 18.4 Å². The summed E-state index contributed by atoms with van der Waals surface area (Å²) in [5.41, 5.74) is 8.72. The van der Waals surface area contributed by atoms with Gasteiger partial charge >= 0.3 is 0 Å². The third-order valence-electron chi connectivity index (χ3n) is 3.19. The number of hydrogen-bond acceptors (Lipinski definition) is 2. The minimum Gasteiger partial charge on any atom is -0.369 e. The van der Waals surface area contributed by atoms with Crippen molar-refractivity contribution < 1.29 is 0 Å². The van der Waals surface area contributed by atoms with Gasteiger partial charge in [-0.15, -0.1) is 12.4 Å². The number of nitrogens with one attached hydrogen (secondary N) is 2. The molecular formula is C16H15ClN4. The third kappa shape index (κ3) is 2.95. The first-order valence-corrected chi connectivity index (χ1v) is 6.29. The highest BCUT2D eigenvalue weighted by Crippen LogP contribution is 2.27. The van der Waals surface area contributed by atoms with Crippen LogP contribution in [0, 0.1) is 5.41 Å². The van der Waals surface area contributed by atoms with Gasteiger partial charge in [0, 0.05) is 5.56 Å². The summed E-state index contributed by atoms with van der Waals surface area (Å²) >= 11 is 0. The van der Waals surface area contributed by atoms with E-state index in [4.69, 9.17) is 11.1 Å². The fourth-order valence-electron chi connectivity index (χ4n) is 2.35. The first-order chi connectivity index (χ1) is 9.75. The molecule has 0 bridgehead atoms. The summed E-state index contributed by atoms with van der Waals surface area (Å²) in [6, 6.07) is 18.5. The summed E-state index contributed by atoms with van der Waals surface area (Å²) < 4.78 is 0. The van der Waals surface area contributed by atoms with E-state index >= 15 is 0 Å². The van der Waals surface area contributed by atoms with Crippen molar-refractivity contribution in [3.8, 4) is 0 Å². The van der Waals surface area contributed by atoms with E-state index < -0.39 is 0 Å². The number of benzene rings is 3. The fourth-order valence-corrected chi connectivity index (χ4v) is 2.35. The average molecular weight is 299 g/mol. The lowest BCUT2D eigenvalue weighted by molar-refractivity contribution is 1.00. The van der Waals surface area contributed by atoms with Gasteiger partial charge in [-0.25, -0.2) is 5.43 Å². The standard InChI is InChI=1S/C16H14N4.ClH/c17-16(18)20-19-10-15-13-7-3-1-5-11(13)9-12-6-2-4-8-14(12)15;/h1-10H,(H4,17,18,20);1H/b19-10+;. The maximum absolute atomic E-state index is 7.14. The van der Waals surface area contributed by atoms with Gasteiger partial charge in [-0.3, -0.25) is 5.41 Å². The zero-order valence-electron chi connectivity index (χ0n) is 11.2. The van der Waals surface area contributed by atoms with Crippen molar-refractivity contribution >= 4 is 46.1 Å². The monoisotopic (exact) mass is 298 g/mol. The van der Waals surface area contributed by atoms with Gasteiger partial charge in [-0.2, -0.15) is 5.10 Å². The average Bonchev–Trinajstić information content (AvgIpc) is 2.46. The highest BCUT2D eigenvalue weighted by atomic mass is 35.5. The Balaban J connectivity index is 0.00000161. The van der Waals surface area contributed by atoms with E-state index in [9.17, 15) is 0 Å². The molecule has 3 aromatic rings. The molecule has 3 aromatic carbocycles. The molecule has 0 aromatic heterocycles. The van der Waals surface area contributed by atoms with Gasteiger partial charge in [0.1, 0.15) is 0 Å². The molecule has 0 heterocycles. The Bertz CT molecular complexity index is 773. The summed E-state index contributed by atoms with van der Waals surface area (Å²) in [6.07, 6.45) is 1.71. The molecule has 0 unspecified atom stereocenters. The molecule has 21 heavy (non-hydrogen) atoms. The molecule has 0 saturated heterocycles. The Kier molecular flexibility index (Phi) is 4.40. The zero-order chi connectivity index (χ0) is 13.9. The Hall–Kier alpha value is -2.59. The van der Waals surface area contributed by atoms with Crippen molar-refractivity contribution in [3.63, 3.8) is 0 Å². The maximum atomic E-state index is 7.14. The second kappa shape index (κ2) is 6.24. The minimum absolute atomic E-state index is 0. The minimum atomic E-state index is -0.175. The number of rotatable bonds is 2. The number of nitrogens with two attached hydrogens (primary N) is 1. The summed E-state index contributed by atoms with van der Waals surface area (Å²) in [5.74, 6) is -0.175. The number of guanidine groups is 1. The number of hydrazone groups is 1. The topological polar surface area (TPSA) is 74.3 Å². The van der Waals surface area contributed by atoms with Gasteiger partial charge in [0.15, 0.2) is 0 Å². The zero-order valence-corrected chi connectivity index (χ0v) is 12.0. The van der Waals surface area contributed by atoms with Gasteiger partial charge in [0.05, 0.1) is 6.21 Å². The van der Waals surface area contributed by atoms with Crippen LogP contribution in [0.5, 0.6) is 0 Å². The molecule has 0 atom stereocenters. The van der Waals surface area contributed by atoms with Crippen molar-refractivity contribution in [2.24, 2.45) is 10.8 Å². The lowest BCUT2D eigenvalue weighted by Crippen LogP contribution is -2.25. The molecule has 3 rings (SSSR count). The van der Waals surface area contributed by atoms with Crippen LogP contribution in [-0.4, -0.2) is 12.2 Å². The molecule has 4 N–H and O–H groups in total. The first-order valence-electron chi connectivity index (χ1n) is 6.29. The molecule has 4 nitrogen and oxygen atoms in total. The van der Waals surface area contributed by atoms with Crippen LogP contribution in [0.4, 0.5) is 0 Å². The van der Waals surface area contributed by atoms with E-state index in [1.807, 2.05) is 24.3 Å². The molecular weight excluding hydrogens is 284 g/mol. The quantitative estimate of drug-likeness (QED) is 0.294. The van der Waals surface area contributed by atoms with Gasteiger partial charge in [-0.1, -0.05) is 48.5 Å². The first kappa shape index (κ1) is 14.8. The Labute approximate surface area is 128 Å². The number of fused-ring (bicyclic) bond motifs is 2. The molecule has 0 radical (unpaired) electrons. The van der Waals surface area contributed by atoms with Crippen molar-refractivity contribution in [2.45, 2.75) is 0 Å². The summed E-state index contributed by atoms with van der Waals surface area (Å²) in [5, 5.41) is 15.7. The molecule has 0 spiro atoms. The molecule has 0 fully saturated rings. The normalized spacial score (nSPS) is 10.7. The van der Waals surface area contributed by atoms with E-state index in [0.717, 1.165) is 27.1 Å². The van der Waals surface area contributed by atoms with Gasteiger partial charge in [0.2, 0.25) is 5.96 Å². The molecule has 106 valence electrons. The second-order valence-corrected chi connectivity index (χ2v) is 4.52. The van der Waals surface area contributed by atoms with E-state index in [2.05, 4.69) is 40.9 Å². The number of halogens is 1. The van der Waals surface area contributed by atoms with Gasteiger partial charge < -0.3 is 5.73 Å². The van der Waals surface area contributed by atoms with Crippen LogP contribution < -0.4 is 11.2 Å². The Morgan fingerprint density at radius 1 is 1.00 bits per heavy atom. The molecule has 0 aliphatic carbocycles. The molecule has 0 saturated carbocycles. The van der Waals surface area contributed by atoms with Crippen LogP contribution in [0.25, 0.3) is 21.5 Å². The van der Waals surface area contributed by atoms with Crippen LogP contribution in [0.3, 0.4) is 0 Å². The molecule has 5 heteroatoms. The molecule has 0 aliphatic heterocycles. The van der Waals surface area contributed by atoms with E-state index in [1.165, 1.54) is 0 Å². The van der Waals surface area contributed by atoms with Crippen molar-refractivity contribution in [2.75, 3.05) is 0 Å². The Morgan fingerprint density at radius 3 is 2.05 bits per heavy atom. The summed E-state index contributed by atoms with van der Waals surface area (Å²) in [4.78, 5) is 0. The van der Waals surface area contributed by atoms with Crippen molar-refractivity contribution in [3.05, 3.63) is 60.2 Å². The second-order valence-electron chi connectivity index (χ2n) is 4.52. The summed E-state index contributed by atoms with van der Waals surface area (Å²) in [6.45, 7) is 0. The maximum Gasteiger partial charge on any atom is 0.206 e. The molecule has 0 amide bonds. The smallest absolute Gasteiger partial charge is 0.206 e. The van der Waals surface area contributed by atoms with Crippen LogP contribution in [0.15, 0.2) is 59.7 Å². The fraction of sp³-hybridized carbons (Fsp3) is 0. The van der Waals surface area contributed by atoms with E-state index in [1.54, 1.807) is 6.21 Å². The third-order valence-corrected chi connectivity index (χ3v) is 3.19. The molecule has 0 aliphatic rings. The van der Waals surface area contributed by atoms with Gasteiger partial charge in [0.25, 0.3) is 0 Å². The predicted molar refractivity (Wildman–Crippen MR) is 91.3 cm³/mol. The lowest BCUT2D eigenvalue weighted by atomic mass is 9.97. The van der Waals surface area contributed by atoms with Crippen molar-refractivity contribution in [1.29, 1.82) is 5.41 Å². The highest BCUT2D eigenvalue weighted by molar-refractivity contribution is 6.13. The van der Waals surface area contributed by atoms with Crippen LogP contribution >= 0.6 is 12.4 Å². The van der Waals surface area contributed by atoms with Crippen molar-refractivity contribution in [1.82, 2.24) is 5.43 Å². The predicted octanol–water partition coefficient (Wildman–Crippen LogP) is 3.23. The van der Waals surface area contributed by atoms with E-state index in [0.29, 0.717) is 0 Å².